The molecule has 9 heteroatoms. The molecule has 2 fully saturated rings. The normalized spacial score (nSPS) is 24.5. The molecular formula is C23H26ClN5O2S. The number of hydrogen-bond acceptors (Lipinski definition) is 7. The van der Waals surface area contributed by atoms with Gasteiger partial charge in [-0.25, -0.2) is 4.98 Å². The summed E-state index contributed by atoms with van der Waals surface area (Å²) in [6.07, 6.45) is 2.68. The first-order valence-corrected chi connectivity index (χ1v) is 11.9. The highest BCUT2D eigenvalue weighted by Gasteiger charge is 2.39. The zero-order chi connectivity index (χ0) is 22.2. The number of nitrogens with zero attached hydrogens (tertiary/aromatic N) is 4. The molecule has 2 unspecified atom stereocenters. The van der Waals surface area contributed by atoms with E-state index in [0.717, 1.165) is 38.4 Å². The number of fused-ring (bicyclic) bond motifs is 1. The molecule has 0 aliphatic carbocycles. The molecule has 1 N–H and O–H groups in total. The van der Waals surface area contributed by atoms with E-state index in [4.69, 9.17) is 24.2 Å². The quantitative estimate of drug-likeness (QED) is 0.406. The van der Waals surface area contributed by atoms with E-state index in [0.29, 0.717) is 24.5 Å². The van der Waals surface area contributed by atoms with Gasteiger partial charge in [0, 0.05) is 57.6 Å². The van der Waals surface area contributed by atoms with Gasteiger partial charge in [-0.2, -0.15) is 12.6 Å². The first kappa shape index (κ1) is 21.7. The first-order chi connectivity index (χ1) is 15.5. The third kappa shape index (κ3) is 4.24. The van der Waals surface area contributed by atoms with Crippen molar-refractivity contribution in [2.75, 3.05) is 31.1 Å². The van der Waals surface area contributed by atoms with Gasteiger partial charge >= 0.3 is 0 Å². The van der Waals surface area contributed by atoms with Crippen LogP contribution in [-0.4, -0.2) is 58.8 Å². The predicted molar refractivity (Wildman–Crippen MR) is 127 cm³/mol. The van der Waals surface area contributed by atoms with Crippen LogP contribution in [0.5, 0.6) is 0 Å². The number of carbonyl (C=O) groups excluding carboxylic acids is 2. The topological polar surface area (TPSA) is 68.8 Å². The molecule has 1 aromatic heterocycles. The fourth-order valence-corrected chi connectivity index (χ4v) is 5.61. The Morgan fingerprint density at radius 3 is 2.72 bits per heavy atom. The molecule has 32 heavy (non-hydrogen) atoms. The Hall–Kier alpha value is -2.13. The van der Waals surface area contributed by atoms with Crippen LogP contribution in [0.4, 0.5) is 5.69 Å². The number of thiol groups is 1. The minimum absolute atomic E-state index is 0.137. The maximum Gasteiger partial charge on any atom is 0.243 e. The minimum Gasteiger partial charge on any atom is -0.369 e. The molecule has 0 saturated carbocycles. The van der Waals surface area contributed by atoms with Gasteiger partial charge in [0.15, 0.2) is 0 Å². The number of hydrogen-bond donors (Lipinski definition) is 2. The molecule has 168 valence electrons. The number of piperazine rings is 1. The van der Waals surface area contributed by atoms with E-state index < -0.39 is 0 Å². The van der Waals surface area contributed by atoms with Gasteiger partial charge in [-0.15, -0.1) is 0 Å². The molecule has 2 atom stereocenters. The van der Waals surface area contributed by atoms with E-state index >= 15 is 0 Å². The summed E-state index contributed by atoms with van der Waals surface area (Å²) in [5, 5.41) is 2.86. The Balaban J connectivity index is 1.26. The molecule has 4 heterocycles. The zero-order valence-electron chi connectivity index (χ0n) is 17.7. The van der Waals surface area contributed by atoms with Gasteiger partial charge in [-0.05, 0) is 35.2 Å². The SMILES string of the molecule is O=C1CCC(N2Cc3c(CN4CCN(c5ccnc(Cl)c5)CC4)cccc3C2S)C(=O)N1. The molecule has 2 saturated heterocycles. The molecule has 7 nitrogen and oxygen atoms in total. The Kier molecular flexibility index (Phi) is 6.11. The minimum atomic E-state index is -0.314. The second kappa shape index (κ2) is 9.02. The Labute approximate surface area is 198 Å². The van der Waals surface area contributed by atoms with Crippen LogP contribution in [0.15, 0.2) is 36.5 Å². The summed E-state index contributed by atoms with van der Waals surface area (Å²) in [4.78, 5) is 35.0. The van der Waals surface area contributed by atoms with Gasteiger partial charge < -0.3 is 4.90 Å². The lowest BCUT2D eigenvalue weighted by Gasteiger charge is -2.36. The van der Waals surface area contributed by atoms with Gasteiger partial charge in [-0.3, -0.25) is 24.7 Å². The van der Waals surface area contributed by atoms with Crippen molar-refractivity contribution in [1.29, 1.82) is 0 Å². The molecule has 0 bridgehead atoms. The summed E-state index contributed by atoms with van der Waals surface area (Å²) in [6.45, 7) is 5.36. The van der Waals surface area contributed by atoms with Gasteiger partial charge in [0.25, 0.3) is 0 Å². The summed E-state index contributed by atoms with van der Waals surface area (Å²) in [5.41, 5.74) is 4.83. The van der Waals surface area contributed by atoms with Crippen molar-refractivity contribution in [1.82, 2.24) is 20.1 Å². The molecule has 2 aromatic rings. The number of amides is 2. The lowest BCUT2D eigenvalue weighted by Crippen LogP contribution is -2.51. The predicted octanol–water partition coefficient (Wildman–Crippen LogP) is 2.61. The lowest BCUT2D eigenvalue weighted by atomic mass is 10.0. The molecule has 0 spiro atoms. The highest BCUT2D eigenvalue weighted by molar-refractivity contribution is 7.80. The largest absolute Gasteiger partial charge is 0.369 e. The summed E-state index contributed by atoms with van der Waals surface area (Å²) < 4.78 is 0. The summed E-state index contributed by atoms with van der Waals surface area (Å²) in [7, 11) is 0. The summed E-state index contributed by atoms with van der Waals surface area (Å²) >= 11 is 10.9. The van der Waals surface area contributed by atoms with E-state index in [2.05, 4.69) is 43.2 Å². The van der Waals surface area contributed by atoms with Crippen molar-refractivity contribution in [3.05, 3.63) is 58.4 Å². The number of nitrogens with one attached hydrogen (secondary N) is 1. The number of piperidine rings is 1. The highest BCUT2D eigenvalue weighted by atomic mass is 35.5. The smallest absolute Gasteiger partial charge is 0.243 e. The summed E-state index contributed by atoms with van der Waals surface area (Å²) in [6, 6.07) is 9.97. The van der Waals surface area contributed by atoms with E-state index in [1.54, 1.807) is 6.20 Å². The van der Waals surface area contributed by atoms with Crippen LogP contribution < -0.4 is 10.2 Å². The van der Waals surface area contributed by atoms with E-state index in [9.17, 15) is 9.59 Å². The molecule has 0 radical (unpaired) electrons. The van der Waals surface area contributed by atoms with Crippen LogP contribution in [-0.2, 0) is 22.7 Å². The van der Waals surface area contributed by atoms with E-state index in [1.807, 2.05) is 12.1 Å². The van der Waals surface area contributed by atoms with Gasteiger partial charge in [0.05, 0.1) is 11.4 Å². The van der Waals surface area contributed by atoms with Crippen LogP contribution in [0.1, 0.15) is 34.9 Å². The van der Waals surface area contributed by atoms with E-state index in [-0.39, 0.29) is 23.2 Å². The van der Waals surface area contributed by atoms with Crippen molar-refractivity contribution in [3.8, 4) is 0 Å². The standard InChI is InChI=1S/C23H26ClN5O2S/c24-20-12-16(6-7-25-20)28-10-8-27(9-11-28)13-15-2-1-3-17-18(15)14-29(23(17)32)19-4-5-21(30)26-22(19)31/h1-3,6-7,12,19,23,32H,4-5,8-11,13-14H2,(H,26,30,31). The van der Waals surface area contributed by atoms with Crippen LogP contribution in [0.25, 0.3) is 0 Å². The Morgan fingerprint density at radius 1 is 1.16 bits per heavy atom. The lowest BCUT2D eigenvalue weighted by molar-refractivity contribution is -0.137. The second-order valence-corrected chi connectivity index (χ2v) is 9.47. The van der Waals surface area contributed by atoms with Crippen LogP contribution in [0, 0.1) is 0 Å². The number of pyridine rings is 1. The number of halogens is 1. The van der Waals surface area contributed by atoms with Crippen molar-refractivity contribution < 1.29 is 9.59 Å². The number of imide groups is 1. The second-order valence-electron chi connectivity index (χ2n) is 8.60. The van der Waals surface area contributed by atoms with Crippen LogP contribution >= 0.6 is 24.2 Å². The number of anilines is 1. The van der Waals surface area contributed by atoms with Gasteiger partial charge in [-0.1, -0.05) is 29.8 Å². The van der Waals surface area contributed by atoms with E-state index in [1.165, 1.54) is 16.7 Å². The molecule has 3 aliphatic rings. The number of carbonyl (C=O) groups is 2. The first-order valence-electron chi connectivity index (χ1n) is 11.0. The van der Waals surface area contributed by atoms with Crippen molar-refractivity contribution in [2.24, 2.45) is 0 Å². The maximum atomic E-state index is 12.4. The zero-order valence-corrected chi connectivity index (χ0v) is 19.4. The van der Waals surface area contributed by atoms with Crippen molar-refractivity contribution >= 4 is 41.7 Å². The average Bonchev–Trinajstić information content (AvgIpc) is 3.12. The molecule has 3 aliphatic heterocycles. The third-order valence-corrected chi connectivity index (χ3v) is 7.48. The fourth-order valence-electron chi connectivity index (χ4n) is 4.96. The van der Waals surface area contributed by atoms with Crippen molar-refractivity contribution in [2.45, 2.75) is 37.3 Å². The average molecular weight is 472 g/mol. The van der Waals surface area contributed by atoms with Crippen LogP contribution in [0.3, 0.4) is 0 Å². The Bertz CT molecular complexity index is 1040. The van der Waals surface area contributed by atoms with Gasteiger partial charge in [0.1, 0.15) is 5.15 Å². The third-order valence-electron chi connectivity index (χ3n) is 6.69. The molecule has 2 amide bonds. The Morgan fingerprint density at radius 2 is 1.97 bits per heavy atom. The number of rotatable bonds is 4. The monoisotopic (exact) mass is 471 g/mol. The highest BCUT2D eigenvalue weighted by Crippen LogP contribution is 2.40. The van der Waals surface area contributed by atoms with Crippen molar-refractivity contribution in [3.63, 3.8) is 0 Å². The fraction of sp³-hybridized carbons (Fsp3) is 0.435. The molecule has 1 aromatic carbocycles. The number of aromatic nitrogens is 1. The summed E-state index contributed by atoms with van der Waals surface area (Å²) in [5.74, 6) is -0.394. The maximum absolute atomic E-state index is 12.4. The van der Waals surface area contributed by atoms with Crippen LogP contribution in [0.2, 0.25) is 5.15 Å². The molecular weight excluding hydrogens is 446 g/mol. The number of benzene rings is 1. The molecule has 5 rings (SSSR count). The van der Waals surface area contributed by atoms with Gasteiger partial charge in [0.2, 0.25) is 11.8 Å².